The standard InChI is InChI=1S/C14H29NO4/c1-12(2,3)11(16)18-9-8-13(4,5)19-10-14(6,15)17-7/h8-10,15H2,1-7H3. The molecule has 0 aliphatic carbocycles. The van der Waals surface area contributed by atoms with Crippen molar-refractivity contribution in [1.29, 1.82) is 0 Å². The van der Waals surface area contributed by atoms with E-state index in [1.165, 1.54) is 0 Å². The van der Waals surface area contributed by atoms with Gasteiger partial charge in [0.25, 0.3) is 0 Å². The van der Waals surface area contributed by atoms with Gasteiger partial charge in [-0.2, -0.15) is 0 Å². The molecule has 0 saturated heterocycles. The maximum absolute atomic E-state index is 11.6. The Balaban J connectivity index is 4.08. The van der Waals surface area contributed by atoms with Gasteiger partial charge < -0.3 is 19.9 Å². The lowest BCUT2D eigenvalue weighted by Gasteiger charge is -2.31. The Morgan fingerprint density at radius 3 is 2.05 bits per heavy atom. The molecule has 0 aromatic heterocycles. The molecular formula is C14H29NO4. The van der Waals surface area contributed by atoms with Crippen LogP contribution >= 0.6 is 0 Å². The minimum absolute atomic E-state index is 0.205. The lowest BCUT2D eigenvalue weighted by atomic mass is 9.97. The van der Waals surface area contributed by atoms with Crippen LogP contribution in [0.25, 0.3) is 0 Å². The van der Waals surface area contributed by atoms with Gasteiger partial charge in [0.05, 0.1) is 24.2 Å². The summed E-state index contributed by atoms with van der Waals surface area (Å²) in [4.78, 5) is 11.6. The van der Waals surface area contributed by atoms with E-state index in [1.54, 1.807) is 14.0 Å². The summed E-state index contributed by atoms with van der Waals surface area (Å²) in [5, 5.41) is 0. The van der Waals surface area contributed by atoms with E-state index in [2.05, 4.69) is 0 Å². The Morgan fingerprint density at radius 2 is 1.63 bits per heavy atom. The molecule has 5 nitrogen and oxygen atoms in total. The molecular weight excluding hydrogens is 246 g/mol. The van der Waals surface area contributed by atoms with Crippen molar-refractivity contribution in [1.82, 2.24) is 0 Å². The lowest BCUT2D eigenvalue weighted by molar-refractivity contribution is -0.156. The molecule has 0 rings (SSSR count). The van der Waals surface area contributed by atoms with E-state index in [0.717, 1.165) is 0 Å². The lowest BCUT2D eigenvalue weighted by Crippen LogP contribution is -2.46. The highest BCUT2D eigenvalue weighted by Gasteiger charge is 2.27. The molecule has 0 fully saturated rings. The monoisotopic (exact) mass is 275 g/mol. The van der Waals surface area contributed by atoms with Crippen LogP contribution in [0.2, 0.25) is 0 Å². The first-order valence-electron chi connectivity index (χ1n) is 6.55. The predicted molar refractivity (Wildman–Crippen MR) is 74.7 cm³/mol. The van der Waals surface area contributed by atoms with Gasteiger partial charge in [-0.1, -0.05) is 0 Å². The number of rotatable bonds is 7. The fourth-order valence-corrected chi connectivity index (χ4v) is 1.08. The maximum Gasteiger partial charge on any atom is 0.311 e. The molecule has 1 atom stereocenters. The third-order valence-corrected chi connectivity index (χ3v) is 2.77. The number of hydrogen-bond acceptors (Lipinski definition) is 5. The number of ether oxygens (including phenoxy) is 3. The number of hydrogen-bond donors (Lipinski definition) is 1. The Labute approximate surface area is 116 Å². The predicted octanol–water partition coefficient (Wildman–Crippen LogP) is 2.08. The van der Waals surface area contributed by atoms with E-state index in [0.29, 0.717) is 13.0 Å². The van der Waals surface area contributed by atoms with E-state index >= 15 is 0 Å². The van der Waals surface area contributed by atoms with Gasteiger partial charge in [0.15, 0.2) is 0 Å². The van der Waals surface area contributed by atoms with Crippen LogP contribution in [-0.2, 0) is 19.0 Å². The van der Waals surface area contributed by atoms with Crippen LogP contribution in [0.15, 0.2) is 0 Å². The molecule has 0 radical (unpaired) electrons. The SMILES string of the molecule is COC(C)(N)COC(C)(C)CCOC(=O)C(C)(C)C. The van der Waals surface area contributed by atoms with Crippen molar-refractivity contribution in [3.05, 3.63) is 0 Å². The zero-order valence-corrected chi connectivity index (χ0v) is 13.3. The normalized spacial score (nSPS) is 16.0. The molecule has 19 heavy (non-hydrogen) atoms. The van der Waals surface area contributed by atoms with Crippen molar-refractivity contribution >= 4 is 5.97 Å². The first-order chi connectivity index (χ1) is 8.40. The van der Waals surface area contributed by atoms with Gasteiger partial charge in [0, 0.05) is 13.5 Å². The average Bonchev–Trinajstić information content (AvgIpc) is 2.25. The fraction of sp³-hybridized carbons (Fsp3) is 0.929. The van der Waals surface area contributed by atoms with Crippen LogP contribution in [0.3, 0.4) is 0 Å². The van der Waals surface area contributed by atoms with E-state index < -0.39 is 16.7 Å². The molecule has 0 heterocycles. The molecule has 0 bridgehead atoms. The number of methoxy groups -OCH3 is 1. The second kappa shape index (κ2) is 6.68. The Kier molecular flexibility index (Phi) is 6.45. The van der Waals surface area contributed by atoms with Crippen LogP contribution < -0.4 is 5.73 Å². The summed E-state index contributed by atoms with van der Waals surface area (Å²) in [6.07, 6.45) is 0.606. The van der Waals surface area contributed by atoms with Crippen molar-refractivity contribution in [2.75, 3.05) is 20.3 Å². The molecule has 0 aliphatic heterocycles. The summed E-state index contributed by atoms with van der Waals surface area (Å²) in [6, 6.07) is 0. The first-order valence-corrected chi connectivity index (χ1v) is 6.55. The van der Waals surface area contributed by atoms with Crippen LogP contribution in [0.4, 0.5) is 0 Å². The number of nitrogens with two attached hydrogens (primary N) is 1. The van der Waals surface area contributed by atoms with Gasteiger partial charge in [-0.25, -0.2) is 0 Å². The van der Waals surface area contributed by atoms with Crippen LogP contribution in [-0.4, -0.2) is 37.6 Å². The van der Waals surface area contributed by atoms with E-state index in [1.807, 2.05) is 34.6 Å². The number of carbonyl (C=O) groups excluding carboxylic acids is 1. The topological polar surface area (TPSA) is 70.8 Å². The fourth-order valence-electron chi connectivity index (χ4n) is 1.08. The maximum atomic E-state index is 11.6. The Hall–Kier alpha value is -0.650. The van der Waals surface area contributed by atoms with Gasteiger partial charge >= 0.3 is 5.97 Å². The molecule has 0 saturated carbocycles. The summed E-state index contributed by atoms with van der Waals surface area (Å²) in [5.74, 6) is -0.205. The molecule has 0 aromatic carbocycles. The zero-order chi connectivity index (χ0) is 15.3. The van der Waals surface area contributed by atoms with Crippen molar-refractivity contribution in [2.24, 2.45) is 11.1 Å². The van der Waals surface area contributed by atoms with E-state index in [9.17, 15) is 4.79 Å². The molecule has 1 unspecified atom stereocenters. The third kappa shape index (κ3) is 8.18. The van der Waals surface area contributed by atoms with Crippen LogP contribution in [0.1, 0.15) is 48.0 Å². The third-order valence-electron chi connectivity index (χ3n) is 2.77. The summed E-state index contributed by atoms with van der Waals surface area (Å²) in [6.45, 7) is 11.7. The smallest absolute Gasteiger partial charge is 0.311 e. The van der Waals surface area contributed by atoms with Crippen LogP contribution in [0.5, 0.6) is 0 Å². The summed E-state index contributed by atoms with van der Waals surface area (Å²) in [7, 11) is 1.54. The van der Waals surface area contributed by atoms with Crippen molar-refractivity contribution < 1.29 is 19.0 Å². The Morgan fingerprint density at radius 1 is 1.11 bits per heavy atom. The summed E-state index contributed by atoms with van der Waals surface area (Å²) < 4.78 is 16.0. The molecule has 114 valence electrons. The highest BCUT2D eigenvalue weighted by molar-refractivity contribution is 5.75. The highest BCUT2D eigenvalue weighted by Crippen LogP contribution is 2.19. The van der Waals surface area contributed by atoms with Crippen molar-refractivity contribution in [2.45, 2.75) is 59.3 Å². The summed E-state index contributed by atoms with van der Waals surface area (Å²) in [5.41, 5.74) is 4.12. The van der Waals surface area contributed by atoms with Crippen molar-refractivity contribution in [3.63, 3.8) is 0 Å². The average molecular weight is 275 g/mol. The van der Waals surface area contributed by atoms with Crippen molar-refractivity contribution in [3.8, 4) is 0 Å². The van der Waals surface area contributed by atoms with E-state index in [4.69, 9.17) is 19.9 Å². The first kappa shape index (κ1) is 18.4. The second-order valence-corrected chi connectivity index (χ2v) is 6.70. The van der Waals surface area contributed by atoms with Gasteiger partial charge in [-0.3, -0.25) is 4.79 Å². The second-order valence-electron chi connectivity index (χ2n) is 6.70. The zero-order valence-electron chi connectivity index (χ0n) is 13.3. The largest absolute Gasteiger partial charge is 0.465 e. The van der Waals surface area contributed by atoms with Gasteiger partial charge in [0.2, 0.25) is 0 Å². The number of carbonyl (C=O) groups is 1. The molecule has 0 amide bonds. The quantitative estimate of drug-likeness (QED) is 0.569. The molecule has 5 heteroatoms. The summed E-state index contributed by atoms with van der Waals surface area (Å²) >= 11 is 0. The highest BCUT2D eigenvalue weighted by atomic mass is 16.6. The minimum atomic E-state index is -0.806. The van der Waals surface area contributed by atoms with Crippen LogP contribution in [0, 0.1) is 5.41 Å². The molecule has 0 aromatic rings. The van der Waals surface area contributed by atoms with Gasteiger partial charge in [0.1, 0.15) is 5.72 Å². The number of esters is 1. The minimum Gasteiger partial charge on any atom is -0.465 e. The Bertz CT molecular complexity index is 292. The molecule has 2 N–H and O–H groups in total. The van der Waals surface area contributed by atoms with Gasteiger partial charge in [-0.15, -0.1) is 0 Å². The van der Waals surface area contributed by atoms with E-state index in [-0.39, 0.29) is 12.6 Å². The molecule has 0 aliphatic rings. The molecule has 0 spiro atoms. The van der Waals surface area contributed by atoms with Gasteiger partial charge in [-0.05, 0) is 41.5 Å².